The summed E-state index contributed by atoms with van der Waals surface area (Å²) in [6.07, 6.45) is 7.61. The summed E-state index contributed by atoms with van der Waals surface area (Å²) in [6, 6.07) is 4.00. The number of benzene rings is 1. The first-order chi connectivity index (χ1) is 16.0. The summed E-state index contributed by atoms with van der Waals surface area (Å²) in [5, 5.41) is 4.49. The van der Waals surface area contributed by atoms with E-state index in [4.69, 9.17) is 9.72 Å². The Morgan fingerprint density at radius 2 is 1.97 bits per heavy atom. The van der Waals surface area contributed by atoms with Crippen LogP contribution in [0, 0.1) is 11.6 Å². The summed E-state index contributed by atoms with van der Waals surface area (Å²) in [6.45, 7) is 3.12. The van der Waals surface area contributed by atoms with Crippen molar-refractivity contribution >= 4 is 17.1 Å². The van der Waals surface area contributed by atoms with Gasteiger partial charge in [0.1, 0.15) is 28.9 Å². The van der Waals surface area contributed by atoms with Crippen molar-refractivity contribution in [3.8, 4) is 11.3 Å². The van der Waals surface area contributed by atoms with Crippen LogP contribution in [-0.4, -0.2) is 48.5 Å². The molecule has 33 heavy (non-hydrogen) atoms. The summed E-state index contributed by atoms with van der Waals surface area (Å²) in [5.41, 5.74) is 2.65. The van der Waals surface area contributed by atoms with Crippen LogP contribution in [0.1, 0.15) is 37.5 Å². The number of halogens is 2. The first-order valence-corrected chi connectivity index (χ1v) is 11.0. The van der Waals surface area contributed by atoms with Crippen LogP contribution in [0.2, 0.25) is 0 Å². The number of ether oxygens (including phenoxy) is 1. The smallest absolute Gasteiger partial charge is 0.228 e. The molecule has 0 radical (unpaired) electrons. The summed E-state index contributed by atoms with van der Waals surface area (Å²) in [4.78, 5) is 15.8. The van der Waals surface area contributed by atoms with E-state index in [0.717, 1.165) is 24.5 Å². The molecule has 4 heterocycles. The molecule has 8 nitrogen and oxygen atoms in total. The average Bonchev–Trinajstić information content (AvgIpc) is 3.40. The average molecular weight is 451 g/mol. The number of hydrogen-bond donors (Lipinski definition) is 0. The van der Waals surface area contributed by atoms with Crippen LogP contribution in [-0.2, 0) is 11.8 Å². The highest BCUT2D eigenvalue weighted by Gasteiger charge is 2.32. The zero-order valence-corrected chi connectivity index (χ0v) is 18.3. The van der Waals surface area contributed by atoms with Gasteiger partial charge < -0.3 is 14.2 Å². The predicted molar refractivity (Wildman–Crippen MR) is 118 cm³/mol. The first kappa shape index (κ1) is 20.2. The third-order valence-corrected chi connectivity index (χ3v) is 6.20. The molecule has 1 saturated carbocycles. The highest BCUT2D eigenvalue weighted by molar-refractivity contribution is 5.88. The molecule has 0 bridgehead atoms. The summed E-state index contributed by atoms with van der Waals surface area (Å²) in [5.74, 6) is -0.874. The number of morpholine rings is 1. The number of rotatable bonds is 4. The van der Waals surface area contributed by atoms with Crippen LogP contribution in [0.15, 0.2) is 36.9 Å². The summed E-state index contributed by atoms with van der Waals surface area (Å²) < 4.78 is 38.2. The zero-order chi connectivity index (χ0) is 22.7. The SMILES string of the molecule is CC1CN(c2nc(-c3ccc(F)cc3F)c3c(ncn3C)n2)CC(c2cnn(C3CC3)c2)O1. The van der Waals surface area contributed by atoms with Crippen molar-refractivity contribution in [2.45, 2.75) is 38.0 Å². The van der Waals surface area contributed by atoms with E-state index in [1.165, 1.54) is 12.1 Å². The molecule has 4 aromatic rings. The molecular weight excluding hydrogens is 428 g/mol. The lowest BCUT2D eigenvalue weighted by atomic mass is 10.1. The highest BCUT2D eigenvalue weighted by atomic mass is 19.1. The van der Waals surface area contributed by atoms with Gasteiger partial charge in [-0.2, -0.15) is 10.1 Å². The van der Waals surface area contributed by atoms with E-state index in [1.54, 1.807) is 17.9 Å². The molecule has 0 N–H and O–H groups in total. The maximum Gasteiger partial charge on any atom is 0.228 e. The van der Waals surface area contributed by atoms with Gasteiger partial charge in [0.05, 0.1) is 31.2 Å². The third-order valence-electron chi connectivity index (χ3n) is 6.20. The molecule has 1 aliphatic carbocycles. The minimum Gasteiger partial charge on any atom is -0.367 e. The van der Waals surface area contributed by atoms with Crippen LogP contribution < -0.4 is 4.90 Å². The third kappa shape index (κ3) is 3.64. The van der Waals surface area contributed by atoms with E-state index in [-0.39, 0.29) is 17.8 Å². The van der Waals surface area contributed by atoms with Crippen LogP contribution in [0.4, 0.5) is 14.7 Å². The van der Waals surface area contributed by atoms with E-state index in [9.17, 15) is 8.78 Å². The van der Waals surface area contributed by atoms with Crippen molar-refractivity contribution in [2.24, 2.45) is 7.05 Å². The van der Waals surface area contributed by atoms with Gasteiger partial charge in [0.25, 0.3) is 0 Å². The molecule has 6 rings (SSSR count). The molecule has 2 unspecified atom stereocenters. The van der Waals surface area contributed by atoms with Gasteiger partial charge in [-0.1, -0.05) is 0 Å². The zero-order valence-electron chi connectivity index (χ0n) is 18.3. The van der Waals surface area contributed by atoms with Crippen molar-refractivity contribution in [1.82, 2.24) is 29.3 Å². The summed E-state index contributed by atoms with van der Waals surface area (Å²) >= 11 is 0. The summed E-state index contributed by atoms with van der Waals surface area (Å²) in [7, 11) is 1.80. The highest BCUT2D eigenvalue weighted by Crippen LogP contribution is 2.36. The number of anilines is 1. The fourth-order valence-electron chi connectivity index (χ4n) is 4.41. The molecule has 2 aliphatic rings. The first-order valence-electron chi connectivity index (χ1n) is 11.0. The van der Waals surface area contributed by atoms with Crippen LogP contribution in [0.5, 0.6) is 0 Å². The fraction of sp³-hybridized carbons (Fsp3) is 0.391. The van der Waals surface area contributed by atoms with Crippen molar-refractivity contribution in [1.29, 1.82) is 0 Å². The Bertz CT molecular complexity index is 1350. The van der Waals surface area contributed by atoms with Gasteiger partial charge >= 0.3 is 0 Å². The largest absolute Gasteiger partial charge is 0.367 e. The van der Waals surface area contributed by atoms with Gasteiger partial charge in [0, 0.05) is 37.0 Å². The Hall–Kier alpha value is -3.40. The van der Waals surface area contributed by atoms with Gasteiger partial charge in [-0.25, -0.2) is 18.7 Å². The van der Waals surface area contributed by atoms with E-state index >= 15 is 0 Å². The quantitative estimate of drug-likeness (QED) is 0.470. The molecule has 0 amide bonds. The second-order valence-electron chi connectivity index (χ2n) is 8.85. The molecule has 0 spiro atoms. The lowest BCUT2D eigenvalue weighted by Gasteiger charge is -2.36. The van der Waals surface area contributed by atoms with Crippen LogP contribution in [0.25, 0.3) is 22.4 Å². The number of hydrogen-bond acceptors (Lipinski definition) is 6. The van der Waals surface area contributed by atoms with Gasteiger partial charge in [0.2, 0.25) is 5.95 Å². The second kappa shape index (κ2) is 7.58. The number of aromatic nitrogens is 6. The van der Waals surface area contributed by atoms with Crippen molar-refractivity contribution in [3.63, 3.8) is 0 Å². The number of fused-ring (bicyclic) bond motifs is 1. The monoisotopic (exact) mass is 451 g/mol. The Morgan fingerprint density at radius 3 is 2.76 bits per heavy atom. The van der Waals surface area contributed by atoms with Gasteiger partial charge in [-0.3, -0.25) is 4.68 Å². The van der Waals surface area contributed by atoms with E-state index in [0.29, 0.717) is 41.9 Å². The molecule has 3 aromatic heterocycles. The maximum atomic E-state index is 14.7. The standard InChI is InChI=1S/C23H23F2N7O/c1-13-9-31(11-19(33-13)14-8-27-32(10-14)16-4-5-16)23-28-20(17-6-3-15(24)7-18(17)25)21-22(29-23)26-12-30(21)2/h3,6-8,10,12-13,16,19H,4-5,9,11H2,1-2H3. The van der Waals surface area contributed by atoms with Crippen molar-refractivity contribution < 1.29 is 13.5 Å². The van der Waals surface area contributed by atoms with E-state index in [1.807, 2.05) is 22.7 Å². The van der Waals surface area contributed by atoms with E-state index < -0.39 is 11.6 Å². The Labute approximate surface area is 188 Å². The van der Waals surface area contributed by atoms with Gasteiger partial charge in [-0.15, -0.1) is 0 Å². The molecule has 10 heteroatoms. The minimum absolute atomic E-state index is 0.0675. The molecule has 1 aliphatic heterocycles. The predicted octanol–water partition coefficient (Wildman–Crippen LogP) is 3.81. The molecule has 2 atom stereocenters. The number of aryl methyl sites for hydroxylation is 1. The van der Waals surface area contributed by atoms with Crippen LogP contribution in [0.3, 0.4) is 0 Å². The Morgan fingerprint density at radius 1 is 1.12 bits per heavy atom. The number of imidazole rings is 1. The molecule has 2 fully saturated rings. The van der Waals surface area contributed by atoms with Crippen molar-refractivity contribution in [2.75, 3.05) is 18.0 Å². The molecular formula is C23H23F2N7O. The second-order valence-corrected chi connectivity index (χ2v) is 8.85. The lowest BCUT2D eigenvalue weighted by molar-refractivity contribution is -0.0178. The van der Waals surface area contributed by atoms with Gasteiger partial charge in [0.15, 0.2) is 5.65 Å². The fourth-order valence-corrected chi connectivity index (χ4v) is 4.41. The van der Waals surface area contributed by atoms with Gasteiger partial charge in [-0.05, 0) is 31.9 Å². The minimum atomic E-state index is -0.678. The number of nitrogens with zero attached hydrogens (tertiary/aromatic N) is 7. The normalized spacial score (nSPS) is 21.2. The molecule has 1 aromatic carbocycles. The van der Waals surface area contributed by atoms with Crippen molar-refractivity contribution in [3.05, 3.63) is 54.1 Å². The lowest BCUT2D eigenvalue weighted by Crippen LogP contribution is -2.43. The Kier molecular flexibility index (Phi) is 4.65. The Balaban J connectivity index is 1.40. The maximum absolute atomic E-state index is 14.7. The van der Waals surface area contributed by atoms with Crippen LogP contribution >= 0.6 is 0 Å². The topological polar surface area (TPSA) is 73.9 Å². The van der Waals surface area contributed by atoms with E-state index in [2.05, 4.69) is 21.3 Å². The molecule has 170 valence electrons. The molecule has 1 saturated heterocycles.